The van der Waals surface area contributed by atoms with Crippen LogP contribution in [0.4, 0.5) is 5.69 Å². The smallest absolute Gasteiger partial charge is 0.0367 e. The van der Waals surface area contributed by atoms with Crippen LogP contribution in [0.3, 0.4) is 0 Å². The van der Waals surface area contributed by atoms with Gasteiger partial charge in [0.05, 0.1) is 0 Å². The molecule has 1 heterocycles. The number of para-hydroxylation sites is 1. The lowest BCUT2D eigenvalue weighted by Gasteiger charge is -2.40. The van der Waals surface area contributed by atoms with Crippen LogP contribution in [0.1, 0.15) is 20.3 Å². The van der Waals surface area contributed by atoms with Crippen molar-refractivity contribution in [3.05, 3.63) is 30.3 Å². The summed E-state index contributed by atoms with van der Waals surface area (Å²) in [5.74, 6) is 0. The number of hydrogen-bond acceptors (Lipinski definition) is 3. The fraction of sp³-hybridized carbons (Fsp3) is 0.647. The first kappa shape index (κ1) is 15.3. The van der Waals surface area contributed by atoms with Gasteiger partial charge in [-0.1, -0.05) is 32.0 Å². The number of nitrogens with one attached hydrogen (secondary N) is 1. The third kappa shape index (κ3) is 3.97. The van der Waals surface area contributed by atoms with E-state index in [1.807, 2.05) is 0 Å². The van der Waals surface area contributed by atoms with Crippen molar-refractivity contribution in [3.8, 4) is 0 Å². The topological polar surface area (TPSA) is 18.5 Å². The van der Waals surface area contributed by atoms with Crippen molar-refractivity contribution >= 4 is 5.69 Å². The van der Waals surface area contributed by atoms with E-state index in [2.05, 4.69) is 66.3 Å². The van der Waals surface area contributed by atoms with Gasteiger partial charge in [0.15, 0.2) is 0 Å². The zero-order chi connectivity index (χ0) is 14.4. The Balaban J connectivity index is 1.85. The highest BCUT2D eigenvalue weighted by atomic mass is 15.3. The highest BCUT2D eigenvalue weighted by molar-refractivity contribution is 5.46. The summed E-state index contributed by atoms with van der Waals surface area (Å²) in [5, 5.41) is 3.35. The van der Waals surface area contributed by atoms with E-state index in [1.54, 1.807) is 0 Å². The molecule has 3 nitrogen and oxygen atoms in total. The Kier molecular flexibility index (Phi) is 5.44. The van der Waals surface area contributed by atoms with Gasteiger partial charge in [-0.2, -0.15) is 0 Å². The lowest BCUT2D eigenvalue weighted by Crippen LogP contribution is -2.50. The van der Waals surface area contributed by atoms with Crippen molar-refractivity contribution in [2.45, 2.75) is 20.3 Å². The average molecular weight is 275 g/mol. The Bertz CT molecular complexity index is 384. The third-order valence-electron chi connectivity index (χ3n) is 4.56. The summed E-state index contributed by atoms with van der Waals surface area (Å²) in [5.41, 5.74) is 1.75. The van der Waals surface area contributed by atoms with Crippen LogP contribution >= 0.6 is 0 Å². The van der Waals surface area contributed by atoms with Crippen LogP contribution < -0.4 is 10.2 Å². The predicted molar refractivity (Wildman–Crippen MR) is 87.4 cm³/mol. The van der Waals surface area contributed by atoms with Gasteiger partial charge >= 0.3 is 0 Å². The molecule has 1 unspecified atom stereocenters. The van der Waals surface area contributed by atoms with Crippen LogP contribution in [0, 0.1) is 5.41 Å². The minimum atomic E-state index is 0.393. The Morgan fingerprint density at radius 3 is 2.30 bits per heavy atom. The molecule has 0 spiro atoms. The quantitative estimate of drug-likeness (QED) is 0.860. The third-order valence-corrected chi connectivity index (χ3v) is 4.56. The number of hydrogen-bond donors (Lipinski definition) is 1. The average Bonchev–Trinajstić information content (AvgIpc) is 2.49. The van der Waals surface area contributed by atoms with Crippen molar-refractivity contribution in [1.29, 1.82) is 0 Å². The minimum Gasteiger partial charge on any atom is -0.369 e. The molecule has 0 saturated carbocycles. The molecule has 1 aromatic rings. The summed E-state index contributed by atoms with van der Waals surface area (Å²) >= 11 is 0. The van der Waals surface area contributed by atoms with Crippen LogP contribution in [-0.2, 0) is 0 Å². The molecular weight excluding hydrogens is 246 g/mol. The van der Waals surface area contributed by atoms with E-state index >= 15 is 0 Å². The van der Waals surface area contributed by atoms with E-state index in [-0.39, 0.29) is 0 Å². The van der Waals surface area contributed by atoms with Crippen LogP contribution in [0.25, 0.3) is 0 Å². The van der Waals surface area contributed by atoms with Gasteiger partial charge in [-0.25, -0.2) is 0 Å². The molecule has 1 atom stereocenters. The standard InChI is InChI=1S/C17H29N3/c1-4-17(2,14-18-3)15-19-10-12-20(13-11-19)16-8-6-5-7-9-16/h5-9,18H,4,10-15H2,1-3H3. The second kappa shape index (κ2) is 7.09. The maximum atomic E-state index is 3.35. The lowest BCUT2D eigenvalue weighted by atomic mass is 9.86. The number of benzene rings is 1. The second-order valence-electron chi connectivity index (χ2n) is 6.29. The van der Waals surface area contributed by atoms with Gasteiger partial charge in [0.1, 0.15) is 0 Å². The molecule has 20 heavy (non-hydrogen) atoms. The zero-order valence-electron chi connectivity index (χ0n) is 13.2. The van der Waals surface area contributed by atoms with Crippen LogP contribution in [0.5, 0.6) is 0 Å². The molecule has 0 aliphatic carbocycles. The Hall–Kier alpha value is -1.06. The largest absolute Gasteiger partial charge is 0.369 e. The van der Waals surface area contributed by atoms with E-state index in [0.29, 0.717) is 5.41 Å². The molecule has 3 heteroatoms. The first-order valence-electron chi connectivity index (χ1n) is 7.84. The van der Waals surface area contributed by atoms with Crippen molar-refractivity contribution in [3.63, 3.8) is 0 Å². The molecular formula is C17H29N3. The molecule has 1 saturated heterocycles. The Morgan fingerprint density at radius 2 is 1.75 bits per heavy atom. The lowest BCUT2D eigenvalue weighted by molar-refractivity contribution is 0.150. The second-order valence-corrected chi connectivity index (χ2v) is 6.29. The van der Waals surface area contributed by atoms with Gasteiger partial charge in [-0.3, -0.25) is 4.90 Å². The Morgan fingerprint density at radius 1 is 1.10 bits per heavy atom. The van der Waals surface area contributed by atoms with Gasteiger partial charge in [0, 0.05) is 45.0 Å². The summed E-state index contributed by atoms with van der Waals surface area (Å²) in [6, 6.07) is 10.8. The highest BCUT2D eigenvalue weighted by Gasteiger charge is 2.26. The highest BCUT2D eigenvalue weighted by Crippen LogP contribution is 2.23. The fourth-order valence-corrected chi connectivity index (χ4v) is 3.06. The molecule has 1 fully saturated rings. The first-order valence-corrected chi connectivity index (χ1v) is 7.84. The molecule has 0 radical (unpaired) electrons. The molecule has 1 aromatic carbocycles. The van der Waals surface area contributed by atoms with E-state index < -0.39 is 0 Å². The van der Waals surface area contributed by atoms with Gasteiger partial charge in [-0.15, -0.1) is 0 Å². The summed E-state index contributed by atoms with van der Waals surface area (Å²) in [6.07, 6.45) is 1.23. The first-order chi connectivity index (χ1) is 9.67. The predicted octanol–water partition coefficient (Wildman–Crippen LogP) is 2.44. The van der Waals surface area contributed by atoms with Crippen molar-refractivity contribution in [2.24, 2.45) is 5.41 Å². The molecule has 1 aliphatic heterocycles. The molecule has 112 valence electrons. The van der Waals surface area contributed by atoms with E-state index in [1.165, 1.54) is 31.7 Å². The zero-order valence-corrected chi connectivity index (χ0v) is 13.2. The number of rotatable bonds is 6. The maximum absolute atomic E-state index is 3.35. The number of piperazine rings is 1. The molecule has 0 bridgehead atoms. The van der Waals surface area contributed by atoms with Crippen molar-refractivity contribution in [1.82, 2.24) is 10.2 Å². The monoisotopic (exact) mass is 275 g/mol. The number of anilines is 1. The molecule has 0 amide bonds. The molecule has 2 rings (SSSR count). The van der Waals surface area contributed by atoms with Gasteiger partial charge < -0.3 is 10.2 Å². The van der Waals surface area contributed by atoms with Crippen molar-refractivity contribution < 1.29 is 0 Å². The fourth-order valence-electron chi connectivity index (χ4n) is 3.06. The van der Waals surface area contributed by atoms with E-state index in [9.17, 15) is 0 Å². The molecule has 0 aromatic heterocycles. The molecule has 1 aliphatic rings. The van der Waals surface area contributed by atoms with Crippen LogP contribution in [0.2, 0.25) is 0 Å². The SMILES string of the molecule is CCC(C)(CNC)CN1CCN(c2ccccc2)CC1. The summed E-state index contributed by atoms with van der Waals surface area (Å²) in [4.78, 5) is 5.12. The minimum absolute atomic E-state index is 0.393. The summed E-state index contributed by atoms with van der Waals surface area (Å²) in [6.45, 7) is 11.6. The normalized spacial score (nSPS) is 19.9. The van der Waals surface area contributed by atoms with Crippen LogP contribution in [-0.4, -0.2) is 51.2 Å². The molecule has 1 N–H and O–H groups in total. The van der Waals surface area contributed by atoms with Gasteiger partial charge in [0.2, 0.25) is 0 Å². The van der Waals surface area contributed by atoms with Crippen LogP contribution in [0.15, 0.2) is 30.3 Å². The van der Waals surface area contributed by atoms with Gasteiger partial charge in [-0.05, 0) is 31.0 Å². The maximum Gasteiger partial charge on any atom is 0.0367 e. The summed E-state index contributed by atoms with van der Waals surface area (Å²) < 4.78 is 0. The van der Waals surface area contributed by atoms with Crippen molar-refractivity contribution in [2.75, 3.05) is 51.2 Å². The Labute approximate surface area is 124 Å². The van der Waals surface area contributed by atoms with E-state index in [0.717, 1.165) is 19.6 Å². The summed E-state index contributed by atoms with van der Waals surface area (Å²) in [7, 11) is 2.06. The number of nitrogens with zero attached hydrogens (tertiary/aromatic N) is 2. The van der Waals surface area contributed by atoms with E-state index in [4.69, 9.17) is 0 Å². The van der Waals surface area contributed by atoms with Gasteiger partial charge in [0.25, 0.3) is 0 Å².